The Bertz CT molecular complexity index is 109. The van der Waals surface area contributed by atoms with Crippen LogP contribution in [-0.2, 0) is 28.4 Å². The maximum atomic E-state index is 5.08. The normalized spacial score (nSPS) is 10.6. The molecule has 0 amide bonds. The van der Waals surface area contributed by atoms with Crippen LogP contribution >= 0.6 is 0 Å². The minimum absolute atomic E-state index is 0.472. The Balaban J connectivity index is 0. The standard InChI is InChI=1S/C7H16O3.C4H10O3/c1-4-8-7(9-5-2)10-6-3;1-5-4(6-2)7-3/h7H,4-6H2,1-3H3;4H,1-3H3. The van der Waals surface area contributed by atoms with Crippen molar-refractivity contribution >= 4 is 0 Å². The Morgan fingerprint density at radius 3 is 1.00 bits per heavy atom. The van der Waals surface area contributed by atoms with E-state index < -0.39 is 13.0 Å². The lowest BCUT2D eigenvalue weighted by atomic mass is 10.8. The molecule has 6 nitrogen and oxygen atoms in total. The molecule has 0 N–H and O–H groups in total. The molecule has 0 rings (SSSR count). The average Bonchev–Trinajstić information content (AvgIpc) is 2.33. The Morgan fingerprint density at radius 1 is 0.588 bits per heavy atom. The highest BCUT2D eigenvalue weighted by Gasteiger charge is 2.04. The summed E-state index contributed by atoms with van der Waals surface area (Å²) in [5.74, 6) is 0. The zero-order chi connectivity index (χ0) is 13.5. The lowest BCUT2D eigenvalue weighted by Crippen LogP contribution is -2.20. The summed E-state index contributed by atoms with van der Waals surface area (Å²) >= 11 is 0. The van der Waals surface area contributed by atoms with Crippen molar-refractivity contribution in [2.24, 2.45) is 0 Å². The monoisotopic (exact) mass is 254 g/mol. The van der Waals surface area contributed by atoms with Crippen LogP contribution < -0.4 is 0 Å². The quantitative estimate of drug-likeness (QED) is 0.582. The van der Waals surface area contributed by atoms with Gasteiger partial charge in [-0.2, -0.15) is 0 Å². The fourth-order valence-electron chi connectivity index (χ4n) is 0.841. The van der Waals surface area contributed by atoms with Crippen molar-refractivity contribution in [3.63, 3.8) is 0 Å². The first kappa shape index (κ1) is 19.1. The van der Waals surface area contributed by atoms with Crippen LogP contribution in [-0.4, -0.2) is 54.1 Å². The minimum Gasteiger partial charge on any atom is -0.333 e. The molecule has 6 heteroatoms. The zero-order valence-electron chi connectivity index (χ0n) is 11.7. The highest BCUT2D eigenvalue weighted by Crippen LogP contribution is 1.96. The molecule has 0 aliphatic carbocycles. The minimum atomic E-state index is -0.514. The molecular weight excluding hydrogens is 228 g/mol. The second-order valence-electron chi connectivity index (χ2n) is 2.65. The van der Waals surface area contributed by atoms with Crippen LogP contribution in [0.2, 0.25) is 0 Å². The highest BCUT2D eigenvalue weighted by atomic mass is 16.8. The van der Waals surface area contributed by atoms with Gasteiger partial charge in [-0.25, -0.2) is 0 Å². The smallest absolute Gasteiger partial charge is 0.271 e. The third kappa shape index (κ3) is 13.7. The molecule has 0 aromatic heterocycles. The van der Waals surface area contributed by atoms with Crippen molar-refractivity contribution in [2.45, 2.75) is 33.7 Å². The second kappa shape index (κ2) is 15.8. The van der Waals surface area contributed by atoms with E-state index in [4.69, 9.17) is 14.2 Å². The molecule has 0 saturated heterocycles. The van der Waals surface area contributed by atoms with Crippen LogP contribution in [0.4, 0.5) is 0 Å². The number of hydrogen-bond donors (Lipinski definition) is 0. The van der Waals surface area contributed by atoms with Crippen LogP contribution in [0.3, 0.4) is 0 Å². The van der Waals surface area contributed by atoms with Crippen LogP contribution in [0.25, 0.3) is 0 Å². The third-order valence-electron chi connectivity index (χ3n) is 1.49. The summed E-state index contributed by atoms with van der Waals surface area (Å²) in [5.41, 5.74) is 0. The molecule has 0 radical (unpaired) electrons. The summed E-state index contributed by atoms with van der Waals surface area (Å²) in [4.78, 5) is 0. The van der Waals surface area contributed by atoms with Gasteiger partial charge >= 0.3 is 0 Å². The van der Waals surface area contributed by atoms with E-state index in [0.717, 1.165) is 0 Å². The van der Waals surface area contributed by atoms with Crippen molar-refractivity contribution in [3.05, 3.63) is 0 Å². The molecule has 0 bridgehead atoms. The molecule has 0 heterocycles. The second-order valence-corrected chi connectivity index (χ2v) is 2.65. The van der Waals surface area contributed by atoms with Crippen molar-refractivity contribution in [2.75, 3.05) is 41.2 Å². The third-order valence-corrected chi connectivity index (χ3v) is 1.49. The van der Waals surface area contributed by atoms with Crippen LogP contribution in [0.1, 0.15) is 20.8 Å². The van der Waals surface area contributed by atoms with E-state index in [0.29, 0.717) is 19.8 Å². The van der Waals surface area contributed by atoms with E-state index in [1.807, 2.05) is 20.8 Å². The van der Waals surface area contributed by atoms with Gasteiger partial charge in [-0.15, -0.1) is 0 Å². The van der Waals surface area contributed by atoms with E-state index in [-0.39, 0.29) is 0 Å². The van der Waals surface area contributed by atoms with Crippen molar-refractivity contribution in [1.29, 1.82) is 0 Å². The van der Waals surface area contributed by atoms with Crippen molar-refractivity contribution in [3.8, 4) is 0 Å². The maximum Gasteiger partial charge on any atom is 0.271 e. The number of ether oxygens (including phenoxy) is 6. The van der Waals surface area contributed by atoms with Gasteiger partial charge < -0.3 is 28.4 Å². The highest BCUT2D eigenvalue weighted by molar-refractivity contribution is 4.23. The van der Waals surface area contributed by atoms with Crippen molar-refractivity contribution < 1.29 is 28.4 Å². The summed E-state index contributed by atoms with van der Waals surface area (Å²) in [6.45, 7) is 6.58. The largest absolute Gasteiger partial charge is 0.333 e. The van der Waals surface area contributed by atoms with Gasteiger partial charge in [-0.1, -0.05) is 0 Å². The molecular formula is C11H26O6. The van der Waals surface area contributed by atoms with Crippen molar-refractivity contribution in [1.82, 2.24) is 0 Å². The summed E-state index contributed by atoms with van der Waals surface area (Å²) in [5, 5.41) is 0. The molecule has 0 aromatic carbocycles. The van der Waals surface area contributed by atoms with E-state index >= 15 is 0 Å². The summed E-state index contributed by atoms with van der Waals surface area (Å²) < 4.78 is 29.0. The lowest BCUT2D eigenvalue weighted by Gasteiger charge is -2.15. The van der Waals surface area contributed by atoms with Crippen LogP contribution in [0, 0.1) is 0 Å². The van der Waals surface area contributed by atoms with E-state index in [9.17, 15) is 0 Å². The predicted molar refractivity (Wildman–Crippen MR) is 63.5 cm³/mol. The molecule has 0 saturated carbocycles. The molecule has 0 atom stereocenters. The van der Waals surface area contributed by atoms with Crippen LogP contribution in [0.15, 0.2) is 0 Å². The maximum absolute atomic E-state index is 5.08. The molecule has 0 aromatic rings. The molecule has 0 spiro atoms. The van der Waals surface area contributed by atoms with Gasteiger partial charge in [-0.05, 0) is 20.8 Å². The number of methoxy groups -OCH3 is 3. The van der Waals surface area contributed by atoms with Gasteiger partial charge in [0.25, 0.3) is 13.0 Å². The molecule has 0 aliphatic heterocycles. The Hall–Kier alpha value is -0.240. The topological polar surface area (TPSA) is 55.4 Å². The van der Waals surface area contributed by atoms with Crippen LogP contribution in [0.5, 0.6) is 0 Å². The lowest BCUT2D eigenvalue weighted by molar-refractivity contribution is -0.282. The Kier molecular flexibility index (Phi) is 17.7. The summed E-state index contributed by atoms with van der Waals surface area (Å²) in [6, 6.07) is 0. The van der Waals surface area contributed by atoms with Gasteiger partial charge in [0.15, 0.2) is 0 Å². The molecule has 106 valence electrons. The predicted octanol–water partition coefficient (Wildman–Crippen LogP) is 1.59. The summed E-state index contributed by atoms with van der Waals surface area (Å²) in [7, 11) is 4.53. The van der Waals surface area contributed by atoms with E-state index in [2.05, 4.69) is 14.2 Å². The van der Waals surface area contributed by atoms with Gasteiger partial charge in [-0.3, -0.25) is 0 Å². The molecule has 0 unspecified atom stereocenters. The Morgan fingerprint density at radius 2 is 0.882 bits per heavy atom. The number of hydrogen-bond acceptors (Lipinski definition) is 6. The zero-order valence-corrected chi connectivity index (χ0v) is 11.7. The fraction of sp³-hybridized carbons (Fsp3) is 1.00. The van der Waals surface area contributed by atoms with Gasteiger partial charge in [0, 0.05) is 41.2 Å². The first-order chi connectivity index (χ1) is 8.19. The SMILES string of the molecule is CCOC(OCC)OCC.COC(OC)OC. The molecule has 0 aliphatic rings. The number of rotatable bonds is 9. The molecule has 0 fully saturated rings. The van der Waals surface area contributed by atoms with E-state index in [1.165, 1.54) is 21.3 Å². The van der Waals surface area contributed by atoms with Gasteiger partial charge in [0.05, 0.1) is 0 Å². The Labute approximate surface area is 104 Å². The van der Waals surface area contributed by atoms with Gasteiger partial charge in [0.1, 0.15) is 0 Å². The average molecular weight is 254 g/mol. The molecule has 17 heavy (non-hydrogen) atoms. The van der Waals surface area contributed by atoms with E-state index in [1.54, 1.807) is 0 Å². The fourth-order valence-corrected chi connectivity index (χ4v) is 0.841. The summed E-state index contributed by atoms with van der Waals surface area (Å²) in [6.07, 6.45) is 0. The first-order valence-corrected chi connectivity index (χ1v) is 5.63. The van der Waals surface area contributed by atoms with Gasteiger partial charge in [0.2, 0.25) is 0 Å². The first-order valence-electron chi connectivity index (χ1n) is 5.63.